The van der Waals surface area contributed by atoms with E-state index in [0.29, 0.717) is 29.4 Å². The summed E-state index contributed by atoms with van der Waals surface area (Å²) in [6, 6.07) is 23.6. The average Bonchev–Trinajstić information content (AvgIpc) is 3.37. The highest BCUT2D eigenvalue weighted by Gasteiger charge is 2.30. The van der Waals surface area contributed by atoms with Gasteiger partial charge in [-0.15, -0.1) is 0 Å². The number of hydrogen-bond acceptors (Lipinski definition) is 3. The molecule has 2 aromatic heterocycles. The number of benzene rings is 3. The van der Waals surface area contributed by atoms with Crippen LogP contribution in [0.15, 0.2) is 77.6 Å². The first-order chi connectivity index (χ1) is 19.9. The van der Waals surface area contributed by atoms with E-state index in [4.69, 9.17) is 0 Å². The molecule has 1 aliphatic rings. The number of likely N-dealkylation sites (tertiary alicyclic amines) is 1. The van der Waals surface area contributed by atoms with Crippen LogP contribution in [0.2, 0.25) is 0 Å². The van der Waals surface area contributed by atoms with Gasteiger partial charge in [-0.3, -0.25) is 4.79 Å². The fourth-order valence-electron chi connectivity index (χ4n) is 6.24. The lowest BCUT2D eigenvalue weighted by Gasteiger charge is -2.27. The highest BCUT2D eigenvalue weighted by molar-refractivity contribution is 5.88. The summed E-state index contributed by atoms with van der Waals surface area (Å²) in [7, 11) is 1.75. The molecule has 1 unspecified atom stereocenters. The fourth-order valence-corrected chi connectivity index (χ4v) is 6.24. The molecule has 0 saturated carbocycles. The number of urea groups is 1. The number of piperidine rings is 1. The largest absolute Gasteiger partial charge is 0.507 e. The summed E-state index contributed by atoms with van der Waals surface area (Å²) in [5.74, 6) is -0.545. The standard InChI is InChI=1S/C34H36N4O3/c1-22-14-16-23(17-15-22)29(30-32(39)26-11-5-7-13-28(26)37(2)33(30)40)31-25(24-10-4-6-12-27(24)36-31)18-19-35-34(41)38-20-8-3-9-21-38/h4-7,10-17,29,36,39H,3,8-9,18-21H2,1-2H3,(H,35,41). The van der Waals surface area contributed by atoms with E-state index in [2.05, 4.69) is 16.4 Å². The van der Waals surface area contributed by atoms with Crippen molar-refractivity contribution in [2.45, 2.75) is 38.5 Å². The molecule has 3 heterocycles. The highest BCUT2D eigenvalue weighted by atomic mass is 16.3. The first kappa shape index (κ1) is 26.7. The molecule has 3 N–H and O–H groups in total. The zero-order valence-corrected chi connectivity index (χ0v) is 23.6. The van der Waals surface area contributed by atoms with E-state index < -0.39 is 5.92 Å². The van der Waals surface area contributed by atoms with Crippen LogP contribution in [0.1, 0.15) is 53.1 Å². The van der Waals surface area contributed by atoms with Gasteiger partial charge in [0.2, 0.25) is 0 Å². The maximum absolute atomic E-state index is 14.0. The predicted octanol–water partition coefficient (Wildman–Crippen LogP) is 5.95. The molecule has 0 bridgehead atoms. The SMILES string of the molecule is Cc1ccc(C(c2[nH]c3ccccc3c2CCNC(=O)N2CCCCC2)c2c(O)c3ccccc3n(C)c2=O)cc1. The van der Waals surface area contributed by atoms with E-state index in [-0.39, 0.29) is 17.3 Å². The van der Waals surface area contributed by atoms with Crippen molar-refractivity contribution in [3.63, 3.8) is 0 Å². The number of carbonyl (C=O) groups is 1. The number of pyridine rings is 1. The van der Waals surface area contributed by atoms with Gasteiger partial charge in [0.1, 0.15) is 5.75 Å². The molecule has 3 aromatic carbocycles. The molecule has 7 nitrogen and oxygen atoms in total. The summed E-state index contributed by atoms with van der Waals surface area (Å²) in [6.07, 6.45) is 3.84. The molecule has 1 fully saturated rings. The van der Waals surface area contributed by atoms with Gasteiger partial charge in [0.25, 0.3) is 5.56 Å². The van der Waals surface area contributed by atoms with Gasteiger partial charge in [0, 0.05) is 48.7 Å². The fraction of sp³-hybridized carbons (Fsp3) is 0.294. The molecule has 7 heteroatoms. The van der Waals surface area contributed by atoms with Crippen molar-refractivity contribution in [2.75, 3.05) is 19.6 Å². The molecule has 2 amide bonds. The van der Waals surface area contributed by atoms with Crippen LogP contribution in [0.4, 0.5) is 4.79 Å². The van der Waals surface area contributed by atoms with Crippen LogP contribution in [0.3, 0.4) is 0 Å². The van der Waals surface area contributed by atoms with Crippen molar-refractivity contribution in [1.29, 1.82) is 0 Å². The predicted molar refractivity (Wildman–Crippen MR) is 164 cm³/mol. The average molecular weight is 549 g/mol. The molecule has 1 atom stereocenters. The third-order valence-corrected chi connectivity index (χ3v) is 8.44. The molecule has 0 spiro atoms. The lowest BCUT2D eigenvalue weighted by molar-refractivity contribution is 0.186. The monoisotopic (exact) mass is 548 g/mol. The number of amides is 2. The molecule has 5 aromatic rings. The van der Waals surface area contributed by atoms with Gasteiger partial charge in [-0.1, -0.05) is 60.2 Å². The van der Waals surface area contributed by atoms with Crippen LogP contribution < -0.4 is 10.9 Å². The number of rotatable bonds is 6. The van der Waals surface area contributed by atoms with Crippen LogP contribution in [-0.2, 0) is 13.5 Å². The highest BCUT2D eigenvalue weighted by Crippen LogP contribution is 2.41. The van der Waals surface area contributed by atoms with Crippen molar-refractivity contribution < 1.29 is 9.90 Å². The number of aryl methyl sites for hydroxylation is 2. The first-order valence-electron chi connectivity index (χ1n) is 14.4. The third-order valence-electron chi connectivity index (χ3n) is 8.44. The van der Waals surface area contributed by atoms with E-state index in [1.54, 1.807) is 11.6 Å². The second kappa shape index (κ2) is 11.2. The molecule has 1 aliphatic heterocycles. The third kappa shape index (κ3) is 4.97. The summed E-state index contributed by atoms with van der Waals surface area (Å²) in [4.78, 5) is 32.4. The maximum Gasteiger partial charge on any atom is 0.317 e. The lowest BCUT2D eigenvalue weighted by atomic mass is 9.85. The van der Waals surface area contributed by atoms with Crippen LogP contribution in [0, 0.1) is 6.92 Å². The van der Waals surface area contributed by atoms with Crippen molar-refractivity contribution >= 4 is 27.8 Å². The summed E-state index contributed by atoms with van der Waals surface area (Å²) in [5.41, 5.74) is 5.62. The van der Waals surface area contributed by atoms with Gasteiger partial charge in [-0.25, -0.2) is 4.79 Å². The van der Waals surface area contributed by atoms with Gasteiger partial charge in [-0.05, 0) is 61.9 Å². The minimum atomic E-state index is -0.542. The smallest absolute Gasteiger partial charge is 0.317 e. The second-order valence-electron chi connectivity index (χ2n) is 11.1. The number of H-pyrrole nitrogens is 1. The summed E-state index contributed by atoms with van der Waals surface area (Å²) >= 11 is 0. The maximum atomic E-state index is 14.0. The van der Waals surface area contributed by atoms with Gasteiger partial charge in [-0.2, -0.15) is 0 Å². The number of aromatic hydroxyl groups is 1. The number of fused-ring (bicyclic) bond motifs is 2. The van der Waals surface area contributed by atoms with Crippen molar-refractivity contribution in [3.05, 3.63) is 111 Å². The Morgan fingerprint density at radius 3 is 2.39 bits per heavy atom. The summed E-state index contributed by atoms with van der Waals surface area (Å²) < 4.78 is 1.62. The number of aromatic nitrogens is 2. The first-order valence-corrected chi connectivity index (χ1v) is 14.4. The number of para-hydroxylation sites is 2. The molecule has 0 aliphatic carbocycles. The quantitative estimate of drug-likeness (QED) is 0.245. The van der Waals surface area contributed by atoms with Crippen LogP contribution in [-0.4, -0.2) is 45.2 Å². The van der Waals surface area contributed by atoms with E-state index in [1.165, 1.54) is 6.42 Å². The lowest BCUT2D eigenvalue weighted by Crippen LogP contribution is -2.43. The number of carbonyl (C=O) groups excluding carboxylic acids is 1. The molecule has 210 valence electrons. The number of aromatic amines is 1. The van der Waals surface area contributed by atoms with Crippen LogP contribution >= 0.6 is 0 Å². The Morgan fingerprint density at radius 1 is 0.951 bits per heavy atom. The topological polar surface area (TPSA) is 90.4 Å². The second-order valence-corrected chi connectivity index (χ2v) is 11.1. The Kier molecular flexibility index (Phi) is 7.26. The molecular weight excluding hydrogens is 512 g/mol. The van der Waals surface area contributed by atoms with Crippen LogP contribution in [0.25, 0.3) is 21.8 Å². The molecule has 6 rings (SSSR count). The van der Waals surface area contributed by atoms with Crippen LogP contribution in [0.5, 0.6) is 5.75 Å². The zero-order chi connectivity index (χ0) is 28.5. The number of hydrogen-bond donors (Lipinski definition) is 3. The van der Waals surface area contributed by atoms with Gasteiger partial charge in [0.15, 0.2) is 0 Å². The van der Waals surface area contributed by atoms with Gasteiger partial charge >= 0.3 is 6.03 Å². The normalized spacial score (nSPS) is 14.4. The van der Waals surface area contributed by atoms with E-state index >= 15 is 0 Å². The minimum absolute atomic E-state index is 0.00252. The van der Waals surface area contributed by atoms with Gasteiger partial charge < -0.3 is 24.9 Å². The molecule has 41 heavy (non-hydrogen) atoms. The van der Waals surface area contributed by atoms with Crippen molar-refractivity contribution in [3.8, 4) is 5.75 Å². The number of nitrogens with zero attached hydrogens (tertiary/aromatic N) is 2. The molecule has 0 radical (unpaired) electrons. The Morgan fingerprint density at radius 2 is 1.63 bits per heavy atom. The summed E-state index contributed by atoms with van der Waals surface area (Å²) in [5, 5.41) is 16.5. The van der Waals surface area contributed by atoms with Crippen molar-refractivity contribution in [1.82, 2.24) is 19.8 Å². The van der Waals surface area contributed by atoms with E-state index in [0.717, 1.165) is 59.2 Å². The van der Waals surface area contributed by atoms with Gasteiger partial charge in [0.05, 0.1) is 17.0 Å². The van der Waals surface area contributed by atoms with E-state index in [1.807, 2.05) is 78.6 Å². The molecular formula is C34H36N4O3. The Hall–Kier alpha value is -4.52. The Labute approximate surface area is 239 Å². The summed E-state index contributed by atoms with van der Waals surface area (Å²) in [6.45, 7) is 4.09. The zero-order valence-electron chi connectivity index (χ0n) is 23.6. The number of nitrogens with one attached hydrogen (secondary N) is 2. The van der Waals surface area contributed by atoms with Crippen molar-refractivity contribution in [2.24, 2.45) is 7.05 Å². The Bertz CT molecular complexity index is 1780. The Balaban J connectivity index is 1.49. The van der Waals surface area contributed by atoms with E-state index in [9.17, 15) is 14.7 Å². The minimum Gasteiger partial charge on any atom is -0.507 e. The molecule has 1 saturated heterocycles.